The van der Waals surface area contributed by atoms with Gasteiger partial charge < -0.3 is 24.4 Å². The van der Waals surface area contributed by atoms with E-state index in [1.54, 1.807) is 0 Å². The normalized spacial score (nSPS) is 12.9. The van der Waals surface area contributed by atoms with Crippen LogP contribution in [0.3, 0.4) is 0 Å². The van der Waals surface area contributed by atoms with Gasteiger partial charge in [-0.1, -0.05) is 105 Å². The molecule has 0 aromatic heterocycles. The van der Waals surface area contributed by atoms with Crippen LogP contribution in [0, 0.1) is 0 Å². The molecule has 0 saturated heterocycles. The summed E-state index contributed by atoms with van der Waals surface area (Å²) in [5.74, 6) is -0.0492. The molecule has 2 unspecified atom stereocenters. The Labute approximate surface area is 309 Å². The van der Waals surface area contributed by atoms with E-state index in [-0.39, 0.29) is 30.2 Å². The van der Waals surface area contributed by atoms with Gasteiger partial charge in [0, 0.05) is 19.4 Å². The molecule has 0 aliphatic heterocycles. The number of esters is 2. The molecule has 0 bridgehead atoms. The van der Waals surface area contributed by atoms with Crippen molar-refractivity contribution in [2.24, 2.45) is 0 Å². The van der Waals surface area contributed by atoms with E-state index in [0.29, 0.717) is 19.4 Å². The van der Waals surface area contributed by atoms with Gasteiger partial charge in [0.25, 0.3) is 0 Å². The van der Waals surface area contributed by atoms with Crippen LogP contribution in [0.25, 0.3) is 0 Å². The van der Waals surface area contributed by atoms with E-state index in [4.69, 9.17) is 14.2 Å². The molecule has 296 valence electrons. The first kappa shape index (κ1) is 48.2. The molecule has 0 radical (unpaired) electrons. The molecule has 0 heterocycles. The number of alkyl carbamates (subject to hydrolysis) is 1. The third-order valence-corrected chi connectivity index (χ3v) is 9.30. The lowest BCUT2D eigenvalue weighted by Gasteiger charge is -2.23. The Balaban J connectivity index is 4.30. The topological polar surface area (TPSA) is 94.2 Å². The zero-order valence-corrected chi connectivity index (χ0v) is 34.1. The smallest absolute Gasteiger partial charge is 0.407 e. The van der Waals surface area contributed by atoms with E-state index in [9.17, 15) is 14.4 Å². The molecule has 0 aromatic carbocycles. The third-order valence-electron chi connectivity index (χ3n) is 9.30. The number of amides is 1. The van der Waals surface area contributed by atoms with Gasteiger partial charge in [0.2, 0.25) is 0 Å². The Bertz CT molecular complexity index is 767. The summed E-state index contributed by atoms with van der Waals surface area (Å²) in [4.78, 5) is 39.1. The summed E-state index contributed by atoms with van der Waals surface area (Å²) in [6.07, 6.45) is 26.2. The second-order valence-corrected chi connectivity index (χ2v) is 15.4. The number of rotatable bonds is 34. The standard InChI is InChI=1S/C42H82N2O6/c1-8-12-22-29-37(10-3)48-39(45)31-24-18-14-16-20-26-34-44(36-28-33-43-41(47)50-42(5,6)7)35-27-21-17-15-19-25-32-40(46)49-38(11-4)30-23-13-9-2/h37-38H,8-36H2,1-7H3,(H,43,47). The van der Waals surface area contributed by atoms with Gasteiger partial charge in [0.15, 0.2) is 0 Å². The molecule has 8 nitrogen and oxygen atoms in total. The van der Waals surface area contributed by atoms with Crippen LogP contribution in [-0.4, -0.2) is 66.9 Å². The van der Waals surface area contributed by atoms with Crippen molar-refractivity contribution in [2.75, 3.05) is 26.2 Å². The summed E-state index contributed by atoms with van der Waals surface area (Å²) in [6, 6.07) is 0. The predicted molar refractivity (Wildman–Crippen MR) is 209 cm³/mol. The third kappa shape index (κ3) is 32.1. The van der Waals surface area contributed by atoms with Crippen molar-refractivity contribution >= 4 is 18.0 Å². The van der Waals surface area contributed by atoms with E-state index < -0.39 is 5.60 Å². The Morgan fingerprint density at radius 1 is 0.540 bits per heavy atom. The lowest BCUT2D eigenvalue weighted by molar-refractivity contribution is -0.150. The van der Waals surface area contributed by atoms with Crippen LogP contribution in [0.1, 0.15) is 209 Å². The Kier molecular flexibility index (Phi) is 31.8. The fraction of sp³-hybridized carbons (Fsp3) is 0.929. The molecule has 0 saturated carbocycles. The van der Waals surface area contributed by atoms with Crippen molar-refractivity contribution in [1.82, 2.24) is 10.2 Å². The molecule has 1 amide bonds. The summed E-state index contributed by atoms with van der Waals surface area (Å²) in [5, 5.41) is 2.90. The first-order valence-electron chi connectivity index (χ1n) is 21.1. The molecule has 0 spiro atoms. The zero-order chi connectivity index (χ0) is 37.3. The minimum atomic E-state index is -0.485. The van der Waals surface area contributed by atoms with Crippen molar-refractivity contribution in [3.63, 3.8) is 0 Å². The molecule has 50 heavy (non-hydrogen) atoms. The monoisotopic (exact) mass is 711 g/mol. The van der Waals surface area contributed by atoms with Gasteiger partial charge in [-0.3, -0.25) is 9.59 Å². The number of hydrogen-bond acceptors (Lipinski definition) is 7. The van der Waals surface area contributed by atoms with Crippen LogP contribution in [0.4, 0.5) is 4.79 Å². The van der Waals surface area contributed by atoms with E-state index in [1.165, 1.54) is 64.2 Å². The Morgan fingerprint density at radius 2 is 0.940 bits per heavy atom. The van der Waals surface area contributed by atoms with Gasteiger partial charge in [-0.2, -0.15) is 0 Å². The largest absolute Gasteiger partial charge is 0.462 e. The molecule has 0 fully saturated rings. The number of carbonyl (C=O) groups is 3. The van der Waals surface area contributed by atoms with Crippen LogP contribution < -0.4 is 5.32 Å². The first-order chi connectivity index (χ1) is 24.0. The number of nitrogens with zero attached hydrogens (tertiary/aromatic N) is 1. The molecule has 1 N–H and O–H groups in total. The number of nitrogens with one attached hydrogen (secondary N) is 1. The molecule has 8 heteroatoms. The highest BCUT2D eigenvalue weighted by molar-refractivity contribution is 5.69. The van der Waals surface area contributed by atoms with E-state index >= 15 is 0 Å². The van der Waals surface area contributed by atoms with Gasteiger partial charge in [-0.15, -0.1) is 0 Å². The number of ether oxygens (including phenoxy) is 3. The van der Waals surface area contributed by atoms with Gasteiger partial charge in [0.05, 0.1) is 0 Å². The second-order valence-electron chi connectivity index (χ2n) is 15.4. The number of carbonyl (C=O) groups excluding carboxylic acids is 3. The van der Waals surface area contributed by atoms with Crippen LogP contribution in [0.15, 0.2) is 0 Å². The fourth-order valence-electron chi connectivity index (χ4n) is 6.19. The lowest BCUT2D eigenvalue weighted by Crippen LogP contribution is -2.35. The first-order valence-corrected chi connectivity index (χ1v) is 21.1. The summed E-state index contributed by atoms with van der Waals surface area (Å²) in [5.41, 5.74) is -0.485. The van der Waals surface area contributed by atoms with Crippen LogP contribution in [0.5, 0.6) is 0 Å². The molecule has 2 atom stereocenters. The number of unbranched alkanes of at least 4 members (excludes halogenated alkanes) is 14. The van der Waals surface area contributed by atoms with Gasteiger partial charge in [0.1, 0.15) is 17.8 Å². The van der Waals surface area contributed by atoms with E-state index in [0.717, 1.165) is 103 Å². The lowest BCUT2D eigenvalue weighted by atomic mass is 10.1. The van der Waals surface area contributed by atoms with Crippen LogP contribution in [-0.2, 0) is 23.8 Å². The zero-order valence-electron chi connectivity index (χ0n) is 34.1. The highest BCUT2D eigenvalue weighted by atomic mass is 16.6. The van der Waals surface area contributed by atoms with Crippen LogP contribution >= 0.6 is 0 Å². The summed E-state index contributed by atoms with van der Waals surface area (Å²) in [6.45, 7) is 18.0. The quantitative estimate of drug-likeness (QED) is 0.0403. The summed E-state index contributed by atoms with van der Waals surface area (Å²) in [7, 11) is 0. The van der Waals surface area contributed by atoms with Crippen molar-refractivity contribution < 1.29 is 28.6 Å². The SMILES string of the molecule is CCCCCC(CC)OC(=O)CCCCCCCCN(CCCCCCCCC(=O)OC(CC)CCCCC)CCCNC(=O)OC(C)(C)C. The summed E-state index contributed by atoms with van der Waals surface area (Å²) < 4.78 is 16.8. The van der Waals surface area contributed by atoms with Crippen molar-refractivity contribution in [1.29, 1.82) is 0 Å². The van der Waals surface area contributed by atoms with Gasteiger partial charge in [-0.05, 0) is 111 Å². The molecule has 0 aliphatic carbocycles. The maximum atomic E-state index is 12.3. The maximum Gasteiger partial charge on any atom is 0.407 e. The average Bonchev–Trinajstić information content (AvgIpc) is 3.06. The van der Waals surface area contributed by atoms with Crippen molar-refractivity contribution in [3.05, 3.63) is 0 Å². The second kappa shape index (κ2) is 33.0. The molecular weight excluding hydrogens is 628 g/mol. The maximum absolute atomic E-state index is 12.3. The molecule has 0 aromatic rings. The highest BCUT2D eigenvalue weighted by Crippen LogP contribution is 2.16. The van der Waals surface area contributed by atoms with Gasteiger partial charge >= 0.3 is 18.0 Å². The molecule has 0 rings (SSSR count). The van der Waals surface area contributed by atoms with E-state index in [1.807, 2.05) is 20.8 Å². The number of hydrogen-bond donors (Lipinski definition) is 1. The van der Waals surface area contributed by atoms with E-state index in [2.05, 4.69) is 37.9 Å². The fourth-order valence-corrected chi connectivity index (χ4v) is 6.19. The minimum Gasteiger partial charge on any atom is -0.462 e. The highest BCUT2D eigenvalue weighted by Gasteiger charge is 2.16. The Hall–Kier alpha value is -1.83. The Morgan fingerprint density at radius 3 is 1.34 bits per heavy atom. The minimum absolute atomic E-state index is 0.0246. The van der Waals surface area contributed by atoms with Crippen molar-refractivity contribution in [2.45, 2.75) is 227 Å². The average molecular weight is 711 g/mol. The van der Waals surface area contributed by atoms with Gasteiger partial charge in [-0.25, -0.2) is 4.79 Å². The molecule has 0 aliphatic rings. The summed E-state index contributed by atoms with van der Waals surface area (Å²) >= 11 is 0. The van der Waals surface area contributed by atoms with Crippen LogP contribution in [0.2, 0.25) is 0 Å². The predicted octanol–water partition coefficient (Wildman–Crippen LogP) is 11.5. The molecular formula is C42H82N2O6. The van der Waals surface area contributed by atoms with Crippen molar-refractivity contribution in [3.8, 4) is 0 Å².